The molecular formula is C17H11N3O2. The maximum absolute atomic E-state index is 11.1. The number of fused-ring (bicyclic) bond motifs is 1. The number of nitro benzene ring substituents is 1. The second-order valence-electron chi connectivity index (χ2n) is 4.73. The van der Waals surface area contributed by atoms with Crippen molar-refractivity contribution >= 4 is 28.2 Å². The number of hydrogen-bond donors (Lipinski definition) is 1. The highest BCUT2D eigenvalue weighted by molar-refractivity contribution is 5.99. The second-order valence-corrected chi connectivity index (χ2v) is 4.73. The fraction of sp³-hybridized carbons (Fsp3) is 0. The van der Waals surface area contributed by atoms with E-state index in [0.717, 1.165) is 16.5 Å². The number of nitrogens with one attached hydrogen (secondary N) is 1. The van der Waals surface area contributed by atoms with Crippen LogP contribution in [-0.2, 0) is 0 Å². The number of rotatable bonds is 3. The first-order valence-corrected chi connectivity index (χ1v) is 6.62. The predicted octanol–water partition coefficient (Wildman–Crippen LogP) is 4.14. The summed E-state index contributed by atoms with van der Waals surface area (Å²) in [6, 6.07) is 16.0. The average Bonchev–Trinajstić information content (AvgIpc) is 2.95. The van der Waals surface area contributed by atoms with Crippen LogP contribution in [0.5, 0.6) is 0 Å². The first-order valence-electron chi connectivity index (χ1n) is 6.62. The summed E-state index contributed by atoms with van der Waals surface area (Å²) in [6.07, 6.45) is 3.46. The van der Waals surface area contributed by atoms with Crippen molar-refractivity contribution in [3.05, 3.63) is 76.0 Å². The van der Waals surface area contributed by atoms with Gasteiger partial charge in [0.25, 0.3) is 5.69 Å². The predicted molar refractivity (Wildman–Crippen MR) is 84.9 cm³/mol. The Balaban J connectivity index is 2.17. The van der Waals surface area contributed by atoms with Gasteiger partial charge in [-0.2, -0.15) is 5.26 Å². The summed E-state index contributed by atoms with van der Waals surface area (Å²) in [5.41, 5.74) is 2.28. The van der Waals surface area contributed by atoms with Gasteiger partial charge in [0.15, 0.2) is 0 Å². The maximum atomic E-state index is 11.1. The maximum Gasteiger partial charge on any atom is 0.277 e. The monoisotopic (exact) mass is 289 g/mol. The molecule has 0 aliphatic rings. The number of aromatic nitrogens is 1. The lowest BCUT2D eigenvalue weighted by Crippen LogP contribution is -1.93. The number of nitro groups is 1. The zero-order chi connectivity index (χ0) is 15.5. The zero-order valence-electron chi connectivity index (χ0n) is 11.5. The van der Waals surface area contributed by atoms with E-state index in [9.17, 15) is 15.4 Å². The van der Waals surface area contributed by atoms with Crippen molar-refractivity contribution in [1.29, 1.82) is 5.26 Å². The largest absolute Gasteiger partial charge is 0.361 e. The van der Waals surface area contributed by atoms with Crippen LogP contribution in [0, 0.1) is 21.4 Å². The van der Waals surface area contributed by atoms with Crippen molar-refractivity contribution in [3.63, 3.8) is 0 Å². The summed E-state index contributed by atoms with van der Waals surface area (Å²) >= 11 is 0. The van der Waals surface area contributed by atoms with Gasteiger partial charge in [0.05, 0.1) is 16.1 Å². The molecule has 22 heavy (non-hydrogen) atoms. The van der Waals surface area contributed by atoms with Crippen molar-refractivity contribution in [1.82, 2.24) is 4.98 Å². The summed E-state index contributed by atoms with van der Waals surface area (Å²) in [4.78, 5) is 13.8. The smallest absolute Gasteiger partial charge is 0.277 e. The van der Waals surface area contributed by atoms with Gasteiger partial charge in [0.1, 0.15) is 6.07 Å². The standard InChI is InChI=1S/C17H11N3O2/c18-10-12(15-6-2-4-8-17(15)20(21)22)9-13-11-19-16-7-3-1-5-14(13)16/h1-9,11,19H. The Bertz CT molecular complexity index is 932. The molecule has 0 radical (unpaired) electrons. The third kappa shape index (κ3) is 2.34. The van der Waals surface area contributed by atoms with Gasteiger partial charge in [0, 0.05) is 28.7 Å². The van der Waals surface area contributed by atoms with Crippen molar-refractivity contribution < 1.29 is 4.92 Å². The third-order valence-electron chi connectivity index (χ3n) is 3.43. The molecule has 106 valence electrons. The van der Waals surface area contributed by atoms with E-state index < -0.39 is 4.92 Å². The lowest BCUT2D eigenvalue weighted by atomic mass is 10.0. The molecule has 3 rings (SSSR count). The van der Waals surface area contributed by atoms with E-state index in [0.29, 0.717) is 5.56 Å². The van der Waals surface area contributed by atoms with Gasteiger partial charge in [-0.05, 0) is 18.2 Å². The van der Waals surface area contributed by atoms with E-state index in [1.165, 1.54) is 6.07 Å². The SMILES string of the molecule is N#CC(=Cc1c[nH]c2ccccc12)c1ccccc1[N+](=O)[O-]. The minimum Gasteiger partial charge on any atom is -0.361 e. The van der Waals surface area contributed by atoms with Crippen molar-refractivity contribution in [2.45, 2.75) is 0 Å². The Morgan fingerprint density at radius 3 is 2.68 bits per heavy atom. The van der Waals surface area contributed by atoms with Crippen LogP contribution in [0.2, 0.25) is 0 Å². The van der Waals surface area contributed by atoms with Gasteiger partial charge in [0.2, 0.25) is 0 Å². The molecule has 3 aromatic rings. The molecule has 0 unspecified atom stereocenters. The fourth-order valence-corrected chi connectivity index (χ4v) is 2.40. The Morgan fingerprint density at radius 1 is 1.18 bits per heavy atom. The van der Waals surface area contributed by atoms with Crippen LogP contribution in [0.3, 0.4) is 0 Å². The Hall–Kier alpha value is -3.39. The Kier molecular flexibility index (Phi) is 3.42. The van der Waals surface area contributed by atoms with Crippen LogP contribution in [0.25, 0.3) is 22.6 Å². The molecule has 5 nitrogen and oxygen atoms in total. The number of allylic oxidation sites excluding steroid dienone is 1. The highest BCUT2D eigenvalue weighted by atomic mass is 16.6. The molecule has 1 N–H and O–H groups in total. The number of H-pyrrole nitrogens is 1. The number of para-hydroxylation sites is 2. The van der Waals surface area contributed by atoms with Crippen molar-refractivity contribution in [3.8, 4) is 6.07 Å². The van der Waals surface area contributed by atoms with Gasteiger partial charge >= 0.3 is 0 Å². The quantitative estimate of drug-likeness (QED) is 0.447. The lowest BCUT2D eigenvalue weighted by molar-refractivity contribution is -0.385. The van der Waals surface area contributed by atoms with Crippen LogP contribution >= 0.6 is 0 Å². The second kappa shape index (κ2) is 5.54. The fourth-order valence-electron chi connectivity index (χ4n) is 2.40. The minimum absolute atomic E-state index is 0.0739. The van der Waals surface area contributed by atoms with Gasteiger partial charge < -0.3 is 4.98 Å². The Labute approximate surface area is 126 Å². The minimum atomic E-state index is -0.476. The highest BCUT2D eigenvalue weighted by Gasteiger charge is 2.16. The molecule has 0 bridgehead atoms. The molecule has 5 heteroatoms. The topological polar surface area (TPSA) is 82.7 Å². The molecule has 1 heterocycles. The van der Waals surface area contributed by atoms with Crippen LogP contribution in [0.4, 0.5) is 5.69 Å². The van der Waals surface area contributed by atoms with E-state index in [1.807, 2.05) is 24.3 Å². The number of nitrogens with zero attached hydrogens (tertiary/aromatic N) is 2. The van der Waals surface area contributed by atoms with E-state index in [4.69, 9.17) is 0 Å². The summed E-state index contributed by atoms with van der Waals surface area (Å²) < 4.78 is 0. The molecule has 0 saturated carbocycles. The summed E-state index contributed by atoms with van der Waals surface area (Å²) in [5, 5.41) is 21.5. The summed E-state index contributed by atoms with van der Waals surface area (Å²) in [7, 11) is 0. The zero-order valence-corrected chi connectivity index (χ0v) is 11.5. The lowest BCUT2D eigenvalue weighted by Gasteiger charge is -2.01. The number of nitriles is 1. The van der Waals surface area contributed by atoms with Gasteiger partial charge in [-0.25, -0.2) is 0 Å². The molecular weight excluding hydrogens is 278 g/mol. The number of benzene rings is 2. The third-order valence-corrected chi connectivity index (χ3v) is 3.43. The highest BCUT2D eigenvalue weighted by Crippen LogP contribution is 2.28. The first-order chi connectivity index (χ1) is 10.7. The van der Waals surface area contributed by atoms with E-state index in [1.54, 1.807) is 30.5 Å². The van der Waals surface area contributed by atoms with Crippen LogP contribution in [-0.4, -0.2) is 9.91 Å². The Morgan fingerprint density at radius 2 is 1.91 bits per heavy atom. The van der Waals surface area contributed by atoms with Crippen molar-refractivity contribution in [2.24, 2.45) is 0 Å². The van der Waals surface area contributed by atoms with Gasteiger partial charge in [-0.1, -0.05) is 30.3 Å². The molecule has 2 aromatic carbocycles. The van der Waals surface area contributed by atoms with Gasteiger partial charge in [-0.15, -0.1) is 0 Å². The van der Waals surface area contributed by atoms with E-state index in [2.05, 4.69) is 11.1 Å². The molecule has 0 amide bonds. The number of hydrogen-bond acceptors (Lipinski definition) is 3. The molecule has 0 aliphatic carbocycles. The van der Waals surface area contributed by atoms with Crippen molar-refractivity contribution in [2.75, 3.05) is 0 Å². The van der Waals surface area contributed by atoms with Crippen LogP contribution in [0.1, 0.15) is 11.1 Å². The summed E-state index contributed by atoms with van der Waals surface area (Å²) in [5.74, 6) is 0. The van der Waals surface area contributed by atoms with E-state index in [-0.39, 0.29) is 11.3 Å². The van der Waals surface area contributed by atoms with Gasteiger partial charge in [-0.3, -0.25) is 10.1 Å². The molecule has 0 fully saturated rings. The average molecular weight is 289 g/mol. The van der Waals surface area contributed by atoms with E-state index >= 15 is 0 Å². The summed E-state index contributed by atoms with van der Waals surface area (Å²) in [6.45, 7) is 0. The van der Waals surface area contributed by atoms with Crippen LogP contribution in [0.15, 0.2) is 54.7 Å². The molecule has 0 aliphatic heterocycles. The number of aromatic amines is 1. The van der Waals surface area contributed by atoms with Crippen LogP contribution < -0.4 is 0 Å². The molecule has 0 atom stereocenters. The first kappa shape index (κ1) is 13.6. The molecule has 0 spiro atoms. The normalized spacial score (nSPS) is 11.3. The molecule has 0 saturated heterocycles. The molecule has 1 aromatic heterocycles.